The van der Waals surface area contributed by atoms with Gasteiger partial charge in [-0.3, -0.25) is 4.79 Å². The largest absolute Gasteiger partial charge is 0.497 e. The van der Waals surface area contributed by atoms with Crippen molar-refractivity contribution < 1.29 is 13.9 Å². The lowest BCUT2D eigenvalue weighted by Gasteiger charge is -2.09. The number of pyridine rings is 1. The molecule has 0 aliphatic carbocycles. The Bertz CT molecular complexity index is 1220. The van der Waals surface area contributed by atoms with Crippen molar-refractivity contribution in [3.63, 3.8) is 0 Å². The number of halogens is 1. The minimum absolute atomic E-state index is 0.344. The van der Waals surface area contributed by atoms with Crippen molar-refractivity contribution in [1.29, 1.82) is 0 Å². The van der Waals surface area contributed by atoms with Crippen molar-refractivity contribution in [2.45, 2.75) is 13.8 Å². The standard InChI is InChI=1S/C22H19FN4O2/c1-13-11-19(22(28)25-16-6-4-5-15(23)12-16)20-14(2)26-27(21(20)24-13)17-7-9-18(29-3)10-8-17/h4-12H,1-3H3,(H,25,28). The average molecular weight is 390 g/mol. The highest BCUT2D eigenvalue weighted by Gasteiger charge is 2.20. The van der Waals surface area contributed by atoms with Gasteiger partial charge in [0.2, 0.25) is 0 Å². The van der Waals surface area contributed by atoms with Gasteiger partial charge in [0.25, 0.3) is 5.91 Å². The maximum absolute atomic E-state index is 13.5. The number of amides is 1. The Balaban J connectivity index is 1.81. The number of aromatic nitrogens is 3. The molecule has 0 atom stereocenters. The van der Waals surface area contributed by atoms with Gasteiger partial charge in [-0.15, -0.1) is 0 Å². The lowest BCUT2D eigenvalue weighted by atomic mass is 10.1. The van der Waals surface area contributed by atoms with Gasteiger partial charge in [-0.2, -0.15) is 5.10 Å². The zero-order valence-electron chi connectivity index (χ0n) is 16.2. The third-order valence-corrected chi connectivity index (χ3v) is 4.58. The summed E-state index contributed by atoms with van der Waals surface area (Å²) in [6.45, 7) is 3.65. The van der Waals surface area contributed by atoms with Gasteiger partial charge in [-0.25, -0.2) is 14.1 Å². The van der Waals surface area contributed by atoms with E-state index < -0.39 is 5.82 Å². The summed E-state index contributed by atoms with van der Waals surface area (Å²) < 4.78 is 20.4. The molecule has 2 aromatic carbocycles. The van der Waals surface area contributed by atoms with Gasteiger partial charge in [-0.1, -0.05) is 6.07 Å². The first-order valence-corrected chi connectivity index (χ1v) is 9.04. The fourth-order valence-electron chi connectivity index (χ4n) is 3.26. The molecule has 0 saturated carbocycles. The Hall–Kier alpha value is -3.74. The highest BCUT2D eigenvalue weighted by Crippen LogP contribution is 2.26. The van der Waals surface area contributed by atoms with E-state index in [1.54, 1.807) is 30.0 Å². The number of benzene rings is 2. The summed E-state index contributed by atoms with van der Waals surface area (Å²) in [5, 5.41) is 8.00. The number of rotatable bonds is 4. The van der Waals surface area contributed by atoms with Crippen LogP contribution in [-0.2, 0) is 0 Å². The number of hydrogen-bond donors (Lipinski definition) is 1. The predicted octanol–water partition coefficient (Wildman–Crippen LogP) is 4.44. The van der Waals surface area contributed by atoms with Crippen molar-refractivity contribution in [3.05, 3.63) is 77.4 Å². The zero-order chi connectivity index (χ0) is 20.5. The van der Waals surface area contributed by atoms with Crippen LogP contribution >= 0.6 is 0 Å². The fraction of sp³-hybridized carbons (Fsp3) is 0.136. The van der Waals surface area contributed by atoms with Crippen LogP contribution in [0.25, 0.3) is 16.7 Å². The molecule has 0 bridgehead atoms. The van der Waals surface area contributed by atoms with E-state index in [9.17, 15) is 9.18 Å². The lowest BCUT2D eigenvalue weighted by molar-refractivity contribution is 0.102. The summed E-state index contributed by atoms with van der Waals surface area (Å²) in [6.07, 6.45) is 0. The second kappa shape index (κ2) is 7.35. The SMILES string of the molecule is COc1ccc(-n2nc(C)c3c(C(=O)Nc4cccc(F)c4)cc(C)nc32)cc1. The molecule has 1 amide bonds. The van der Waals surface area contributed by atoms with Gasteiger partial charge in [0, 0.05) is 11.4 Å². The average Bonchev–Trinajstić information content (AvgIpc) is 3.03. The molecule has 7 heteroatoms. The van der Waals surface area contributed by atoms with E-state index in [0.29, 0.717) is 33.7 Å². The molecule has 0 unspecified atom stereocenters. The molecule has 4 aromatic rings. The number of nitrogens with zero attached hydrogens (tertiary/aromatic N) is 3. The van der Waals surface area contributed by atoms with Crippen LogP contribution in [0.2, 0.25) is 0 Å². The zero-order valence-corrected chi connectivity index (χ0v) is 16.2. The molecule has 0 aliphatic rings. The van der Waals surface area contributed by atoms with Crippen LogP contribution in [-0.4, -0.2) is 27.8 Å². The molecule has 0 spiro atoms. The third-order valence-electron chi connectivity index (χ3n) is 4.58. The monoisotopic (exact) mass is 390 g/mol. The van der Waals surface area contributed by atoms with Crippen LogP contribution in [0.3, 0.4) is 0 Å². The van der Waals surface area contributed by atoms with Gasteiger partial charge in [-0.05, 0) is 62.4 Å². The number of methoxy groups -OCH3 is 1. The Morgan fingerprint density at radius 1 is 1.10 bits per heavy atom. The molecular formula is C22H19FN4O2. The molecule has 4 rings (SSSR count). The van der Waals surface area contributed by atoms with Crippen LogP contribution in [0.4, 0.5) is 10.1 Å². The Morgan fingerprint density at radius 3 is 2.55 bits per heavy atom. The number of carbonyl (C=O) groups excluding carboxylic acids is 1. The molecule has 2 aromatic heterocycles. The maximum atomic E-state index is 13.5. The van der Waals surface area contributed by atoms with Crippen molar-refractivity contribution >= 4 is 22.6 Å². The Morgan fingerprint density at radius 2 is 1.86 bits per heavy atom. The normalized spacial score (nSPS) is 10.9. The van der Waals surface area contributed by atoms with Crippen LogP contribution < -0.4 is 10.1 Å². The number of ether oxygens (including phenoxy) is 1. The van der Waals surface area contributed by atoms with Crippen LogP contribution in [0.15, 0.2) is 54.6 Å². The highest BCUT2D eigenvalue weighted by atomic mass is 19.1. The van der Waals surface area contributed by atoms with Crippen molar-refractivity contribution in [2.75, 3.05) is 12.4 Å². The second-order valence-electron chi connectivity index (χ2n) is 6.67. The topological polar surface area (TPSA) is 69.0 Å². The Labute approximate surface area is 167 Å². The molecule has 6 nitrogen and oxygen atoms in total. The van der Waals surface area contributed by atoms with E-state index >= 15 is 0 Å². The summed E-state index contributed by atoms with van der Waals surface area (Å²) in [4.78, 5) is 17.6. The first-order chi connectivity index (χ1) is 14.0. The predicted molar refractivity (Wildman–Crippen MR) is 109 cm³/mol. The number of fused-ring (bicyclic) bond motifs is 1. The lowest BCUT2D eigenvalue weighted by Crippen LogP contribution is -2.13. The van der Waals surface area contributed by atoms with E-state index in [0.717, 1.165) is 11.4 Å². The minimum atomic E-state index is -0.414. The molecule has 0 fully saturated rings. The van der Waals surface area contributed by atoms with E-state index in [1.165, 1.54) is 12.1 Å². The van der Waals surface area contributed by atoms with Gasteiger partial charge in [0.1, 0.15) is 11.6 Å². The number of nitrogens with one attached hydrogen (secondary N) is 1. The van der Waals surface area contributed by atoms with Crippen LogP contribution in [0, 0.1) is 19.7 Å². The first-order valence-electron chi connectivity index (χ1n) is 9.04. The summed E-state index contributed by atoms with van der Waals surface area (Å²) in [6, 6.07) is 14.9. The van der Waals surface area contributed by atoms with E-state index in [1.807, 2.05) is 38.1 Å². The van der Waals surface area contributed by atoms with Gasteiger partial charge in [0.15, 0.2) is 5.65 Å². The molecular weight excluding hydrogens is 371 g/mol. The smallest absolute Gasteiger partial charge is 0.256 e. The van der Waals surface area contributed by atoms with Crippen LogP contribution in [0.1, 0.15) is 21.7 Å². The summed E-state index contributed by atoms with van der Waals surface area (Å²) >= 11 is 0. The number of anilines is 1. The maximum Gasteiger partial charge on any atom is 0.256 e. The number of carbonyl (C=O) groups is 1. The van der Waals surface area contributed by atoms with Gasteiger partial charge >= 0.3 is 0 Å². The second-order valence-corrected chi connectivity index (χ2v) is 6.67. The van der Waals surface area contributed by atoms with Gasteiger partial charge in [0.05, 0.1) is 29.4 Å². The molecule has 0 radical (unpaired) electrons. The summed E-state index contributed by atoms with van der Waals surface area (Å²) in [7, 11) is 1.61. The quantitative estimate of drug-likeness (QED) is 0.559. The minimum Gasteiger partial charge on any atom is -0.497 e. The molecule has 29 heavy (non-hydrogen) atoms. The summed E-state index contributed by atoms with van der Waals surface area (Å²) in [5.74, 6) is -0.0212. The van der Waals surface area contributed by atoms with Gasteiger partial charge < -0.3 is 10.1 Å². The highest BCUT2D eigenvalue weighted by molar-refractivity contribution is 6.12. The molecule has 1 N–H and O–H groups in total. The van der Waals surface area contributed by atoms with Crippen molar-refractivity contribution in [3.8, 4) is 11.4 Å². The number of aryl methyl sites for hydroxylation is 2. The van der Waals surface area contributed by atoms with Crippen molar-refractivity contribution in [1.82, 2.24) is 14.8 Å². The first kappa shape index (κ1) is 18.6. The van der Waals surface area contributed by atoms with E-state index in [2.05, 4.69) is 15.4 Å². The molecule has 0 saturated heterocycles. The molecule has 2 heterocycles. The third kappa shape index (κ3) is 3.54. The fourth-order valence-corrected chi connectivity index (χ4v) is 3.26. The summed E-state index contributed by atoms with van der Waals surface area (Å²) in [5.41, 5.74) is 3.56. The number of hydrogen-bond acceptors (Lipinski definition) is 4. The molecule has 146 valence electrons. The molecule has 0 aliphatic heterocycles. The van der Waals surface area contributed by atoms with E-state index in [4.69, 9.17) is 4.74 Å². The van der Waals surface area contributed by atoms with Crippen LogP contribution in [0.5, 0.6) is 5.75 Å². The Kier molecular flexibility index (Phi) is 4.72. The van der Waals surface area contributed by atoms with Crippen molar-refractivity contribution in [2.24, 2.45) is 0 Å². The van der Waals surface area contributed by atoms with E-state index in [-0.39, 0.29) is 5.91 Å².